The minimum atomic E-state index is -0.614. The van der Waals surface area contributed by atoms with Crippen LogP contribution in [0.15, 0.2) is 36.7 Å². The van der Waals surface area contributed by atoms with E-state index in [0.29, 0.717) is 17.4 Å². The van der Waals surface area contributed by atoms with Gasteiger partial charge in [0.15, 0.2) is 0 Å². The summed E-state index contributed by atoms with van der Waals surface area (Å²) in [7, 11) is 0. The number of ether oxygens (including phenoxy) is 1. The van der Waals surface area contributed by atoms with E-state index in [1.807, 2.05) is 0 Å². The van der Waals surface area contributed by atoms with Gasteiger partial charge in [0.05, 0.1) is 11.8 Å². The maximum Gasteiger partial charge on any atom is 0.146 e. The molecule has 0 amide bonds. The number of aromatic nitrogens is 1. The van der Waals surface area contributed by atoms with E-state index < -0.39 is 5.82 Å². The van der Waals surface area contributed by atoms with Crippen molar-refractivity contribution < 1.29 is 9.13 Å². The van der Waals surface area contributed by atoms with Crippen LogP contribution in [0.25, 0.3) is 0 Å². The lowest BCUT2D eigenvalue weighted by atomic mass is 10.2. The number of nitrogens with zero attached hydrogens (tertiary/aromatic N) is 2. The molecule has 2 aromatic rings. The van der Waals surface area contributed by atoms with Gasteiger partial charge in [0.2, 0.25) is 0 Å². The highest BCUT2D eigenvalue weighted by molar-refractivity contribution is 6.17. The van der Waals surface area contributed by atoms with E-state index in [0.717, 1.165) is 11.6 Å². The van der Waals surface area contributed by atoms with E-state index in [1.54, 1.807) is 18.3 Å². The zero-order valence-corrected chi connectivity index (χ0v) is 9.99. The van der Waals surface area contributed by atoms with E-state index in [9.17, 15) is 4.39 Å². The SMILES string of the molecule is N#Cc1ccc(Oc2cncc(CCl)c2)cc1F. The summed E-state index contributed by atoms with van der Waals surface area (Å²) in [5, 5.41) is 8.61. The van der Waals surface area contributed by atoms with E-state index in [4.69, 9.17) is 21.6 Å². The average molecular weight is 263 g/mol. The molecule has 0 atom stereocenters. The second-order valence-corrected chi connectivity index (χ2v) is 3.79. The predicted molar refractivity (Wildman–Crippen MR) is 65.0 cm³/mol. The van der Waals surface area contributed by atoms with Crippen LogP contribution < -0.4 is 4.74 Å². The minimum Gasteiger partial charge on any atom is -0.456 e. The monoisotopic (exact) mass is 262 g/mol. The molecule has 0 saturated heterocycles. The fourth-order valence-electron chi connectivity index (χ4n) is 1.38. The van der Waals surface area contributed by atoms with Crippen molar-refractivity contribution in [1.82, 2.24) is 4.98 Å². The number of nitriles is 1. The topological polar surface area (TPSA) is 45.9 Å². The Balaban J connectivity index is 2.23. The summed E-state index contributed by atoms with van der Waals surface area (Å²) in [5.41, 5.74) is 0.790. The van der Waals surface area contributed by atoms with E-state index in [1.165, 1.54) is 18.3 Å². The molecule has 0 fully saturated rings. The van der Waals surface area contributed by atoms with Crippen molar-refractivity contribution in [2.24, 2.45) is 0 Å². The van der Waals surface area contributed by atoms with Crippen LogP contribution in [-0.2, 0) is 5.88 Å². The maximum atomic E-state index is 13.4. The molecule has 1 aromatic heterocycles. The van der Waals surface area contributed by atoms with Gasteiger partial charge in [0, 0.05) is 18.1 Å². The van der Waals surface area contributed by atoms with Crippen molar-refractivity contribution in [3.63, 3.8) is 0 Å². The smallest absolute Gasteiger partial charge is 0.146 e. The molecular formula is C13H8ClFN2O. The van der Waals surface area contributed by atoms with E-state index >= 15 is 0 Å². The highest BCUT2D eigenvalue weighted by atomic mass is 35.5. The summed E-state index contributed by atoms with van der Waals surface area (Å²) in [4.78, 5) is 3.95. The molecular weight excluding hydrogens is 255 g/mol. The lowest BCUT2D eigenvalue weighted by Crippen LogP contribution is -1.90. The molecule has 0 unspecified atom stereocenters. The molecule has 5 heteroatoms. The molecule has 3 nitrogen and oxygen atoms in total. The normalized spacial score (nSPS) is 9.83. The Morgan fingerprint density at radius 2 is 2.11 bits per heavy atom. The summed E-state index contributed by atoms with van der Waals surface area (Å²) < 4.78 is 18.8. The summed E-state index contributed by atoms with van der Waals surface area (Å²) in [5.74, 6) is 0.486. The first kappa shape index (κ1) is 12.3. The number of rotatable bonds is 3. The first-order chi connectivity index (χ1) is 8.72. The Labute approximate surface area is 108 Å². The average Bonchev–Trinajstić information content (AvgIpc) is 2.39. The molecule has 0 aliphatic rings. The molecule has 0 radical (unpaired) electrons. The fourth-order valence-corrected chi connectivity index (χ4v) is 1.52. The standard InChI is InChI=1S/C13H8ClFN2O/c14-5-9-3-12(8-17-7-9)18-11-2-1-10(6-16)13(15)4-11/h1-4,7-8H,5H2. The van der Waals surface area contributed by atoms with Crippen molar-refractivity contribution in [2.75, 3.05) is 0 Å². The molecule has 0 saturated carbocycles. The Morgan fingerprint density at radius 3 is 2.78 bits per heavy atom. The van der Waals surface area contributed by atoms with Crippen molar-refractivity contribution in [1.29, 1.82) is 5.26 Å². The zero-order valence-electron chi connectivity index (χ0n) is 9.23. The van der Waals surface area contributed by atoms with Crippen molar-refractivity contribution >= 4 is 11.6 Å². The number of hydrogen-bond acceptors (Lipinski definition) is 3. The first-order valence-electron chi connectivity index (χ1n) is 5.10. The van der Waals surface area contributed by atoms with E-state index in [2.05, 4.69) is 4.98 Å². The van der Waals surface area contributed by atoms with Crippen LogP contribution in [0.4, 0.5) is 4.39 Å². The van der Waals surface area contributed by atoms with Gasteiger partial charge in [-0.25, -0.2) is 4.39 Å². The lowest BCUT2D eigenvalue weighted by molar-refractivity contribution is 0.473. The molecule has 0 bridgehead atoms. The third-order valence-corrected chi connectivity index (χ3v) is 2.53. The summed E-state index contributed by atoms with van der Waals surface area (Å²) >= 11 is 5.68. The van der Waals surface area contributed by atoms with Crippen LogP contribution in [0.3, 0.4) is 0 Å². The highest BCUT2D eigenvalue weighted by Crippen LogP contribution is 2.23. The van der Waals surface area contributed by atoms with Crippen molar-refractivity contribution in [3.05, 3.63) is 53.6 Å². The molecule has 0 N–H and O–H groups in total. The molecule has 2 rings (SSSR count). The number of halogens is 2. The third-order valence-electron chi connectivity index (χ3n) is 2.22. The Kier molecular flexibility index (Phi) is 3.75. The molecule has 0 aliphatic heterocycles. The number of alkyl halides is 1. The largest absolute Gasteiger partial charge is 0.456 e. The second-order valence-electron chi connectivity index (χ2n) is 3.52. The molecule has 18 heavy (non-hydrogen) atoms. The predicted octanol–water partition coefficient (Wildman–Crippen LogP) is 3.62. The third kappa shape index (κ3) is 2.76. The van der Waals surface area contributed by atoms with Gasteiger partial charge in [-0.2, -0.15) is 5.26 Å². The molecule has 0 aliphatic carbocycles. The number of hydrogen-bond donors (Lipinski definition) is 0. The molecule has 0 spiro atoms. The first-order valence-corrected chi connectivity index (χ1v) is 5.64. The van der Waals surface area contributed by atoms with Crippen LogP contribution in [-0.4, -0.2) is 4.98 Å². The van der Waals surface area contributed by atoms with Gasteiger partial charge >= 0.3 is 0 Å². The van der Waals surface area contributed by atoms with Crippen LogP contribution in [0.5, 0.6) is 11.5 Å². The molecule has 1 aromatic carbocycles. The lowest BCUT2D eigenvalue weighted by Gasteiger charge is -2.06. The Hall–Kier alpha value is -2.12. The molecule has 90 valence electrons. The zero-order chi connectivity index (χ0) is 13.0. The van der Waals surface area contributed by atoms with Gasteiger partial charge < -0.3 is 4.74 Å². The maximum absolute atomic E-state index is 13.4. The van der Waals surface area contributed by atoms with Gasteiger partial charge in [-0.05, 0) is 23.8 Å². The van der Waals surface area contributed by atoms with Gasteiger partial charge in [-0.15, -0.1) is 11.6 Å². The quantitative estimate of drug-likeness (QED) is 0.794. The van der Waals surface area contributed by atoms with Gasteiger partial charge in [-0.1, -0.05) is 0 Å². The number of benzene rings is 1. The van der Waals surface area contributed by atoms with Crippen LogP contribution >= 0.6 is 11.6 Å². The van der Waals surface area contributed by atoms with E-state index in [-0.39, 0.29) is 5.56 Å². The minimum absolute atomic E-state index is 0.0185. The van der Waals surface area contributed by atoms with Crippen molar-refractivity contribution in [2.45, 2.75) is 5.88 Å². The highest BCUT2D eigenvalue weighted by Gasteiger charge is 2.05. The number of pyridine rings is 1. The molecule has 1 heterocycles. The van der Waals surface area contributed by atoms with Gasteiger partial charge in [-0.3, -0.25) is 4.98 Å². The van der Waals surface area contributed by atoms with Gasteiger partial charge in [0.1, 0.15) is 23.4 Å². The summed E-state index contributed by atoms with van der Waals surface area (Å²) in [6.07, 6.45) is 3.13. The van der Waals surface area contributed by atoms with Crippen LogP contribution in [0.1, 0.15) is 11.1 Å². The Morgan fingerprint density at radius 1 is 1.28 bits per heavy atom. The van der Waals surface area contributed by atoms with Crippen LogP contribution in [0, 0.1) is 17.1 Å². The summed E-state index contributed by atoms with van der Waals surface area (Å²) in [6, 6.07) is 7.51. The summed E-state index contributed by atoms with van der Waals surface area (Å²) in [6.45, 7) is 0. The van der Waals surface area contributed by atoms with Crippen molar-refractivity contribution in [3.8, 4) is 17.6 Å². The fraction of sp³-hybridized carbons (Fsp3) is 0.0769. The second kappa shape index (κ2) is 5.48. The van der Waals surface area contributed by atoms with Gasteiger partial charge in [0.25, 0.3) is 0 Å². The Bertz CT molecular complexity index is 610. The van der Waals surface area contributed by atoms with Crippen LogP contribution in [0.2, 0.25) is 0 Å².